The third-order valence-corrected chi connectivity index (χ3v) is 3.89. The Bertz CT molecular complexity index is 466. The van der Waals surface area contributed by atoms with Crippen LogP contribution in [0.4, 0.5) is 0 Å². The molecule has 110 valence electrons. The SMILES string of the molecule is CNC1COc2cc(OCC3CN(C)CCO3)ccc21. The third kappa shape index (κ3) is 2.90. The van der Waals surface area contributed by atoms with E-state index >= 15 is 0 Å². The first-order valence-corrected chi connectivity index (χ1v) is 7.13. The molecule has 3 rings (SSSR count). The summed E-state index contributed by atoms with van der Waals surface area (Å²) in [5.74, 6) is 1.76. The molecule has 0 amide bonds. The Hall–Kier alpha value is -1.30. The second-order valence-electron chi connectivity index (χ2n) is 5.42. The number of ether oxygens (including phenoxy) is 3. The van der Waals surface area contributed by atoms with E-state index in [1.807, 2.05) is 19.2 Å². The number of benzene rings is 1. The third-order valence-electron chi connectivity index (χ3n) is 3.89. The molecule has 0 aliphatic carbocycles. The lowest BCUT2D eigenvalue weighted by Crippen LogP contribution is -2.42. The van der Waals surface area contributed by atoms with Gasteiger partial charge in [0.15, 0.2) is 0 Å². The van der Waals surface area contributed by atoms with Crippen LogP contribution >= 0.6 is 0 Å². The van der Waals surface area contributed by atoms with Crippen molar-refractivity contribution in [2.24, 2.45) is 0 Å². The molecule has 2 unspecified atom stereocenters. The molecule has 2 atom stereocenters. The van der Waals surface area contributed by atoms with Gasteiger partial charge in [-0.1, -0.05) is 0 Å². The molecule has 0 spiro atoms. The summed E-state index contributed by atoms with van der Waals surface area (Å²) in [6.07, 6.45) is 0.146. The minimum absolute atomic E-state index is 0.146. The first-order chi connectivity index (χ1) is 9.76. The number of hydrogen-bond acceptors (Lipinski definition) is 5. The highest BCUT2D eigenvalue weighted by Gasteiger charge is 2.23. The van der Waals surface area contributed by atoms with Crippen LogP contribution in [0, 0.1) is 0 Å². The van der Waals surface area contributed by atoms with Crippen LogP contribution in [0.3, 0.4) is 0 Å². The van der Waals surface area contributed by atoms with Crippen molar-refractivity contribution in [2.75, 3.05) is 47.0 Å². The average molecular weight is 278 g/mol. The van der Waals surface area contributed by atoms with Gasteiger partial charge in [-0.3, -0.25) is 0 Å². The highest BCUT2D eigenvalue weighted by atomic mass is 16.5. The van der Waals surface area contributed by atoms with Crippen molar-refractivity contribution in [3.63, 3.8) is 0 Å². The molecule has 2 aliphatic rings. The molecule has 1 aromatic carbocycles. The second-order valence-corrected chi connectivity index (χ2v) is 5.42. The zero-order valence-corrected chi connectivity index (χ0v) is 12.1. The van der Waals surface area contributed by atoms with Gasteiger partial charge in [0.25, 0.3) is 0 Å². The quantitative estimate of drug-likeness (QED) is 0.892. The molecule has 5 nitrogen and oxygen atoms in total. The minimum atomic E-state index is 0.146. The number of fused-ring (bicyclic) bond motifs is 1. The largest absolute Gasteiger partial charge is 0.491 e. The summed E-state index contributed by atoms with van der Waals surface area (Å²) in [4.78, 5) is 2.26. The van der Waals surface area contributed by atoms with E-state index in [-0.39, 0.29) is 12.1 Å². The maximum atomic E-state index is 5.84. The van der Waals surface area contributed by atoms with Crippen LogP contribution < -0.4 is 14.8 Å². The highest BCUT2D eigenvalue weighted by Crippen LogP contribution is 2.35. The summed E-state index contributed by atoms with van der Waals surface area (Å²) < 4.78 is 17.2. The number of nitrogens with zero attached hydrogens (tertiary/aromatic N) is 1. The molecule has 1 aromatic rings. The standard InChI is InChI=1S/C15H22N2O3/c1-16-14-10-20-15-7-11(3-4-13(14)15)19-9-12-8-17(2)5-6-18-12/h3-4,7,12,14,16H,5-6,8-10H2,1-2H3. The molecular formula is C15H22N2O3. The number of rotatable bonds is 4. The highest BCUT2D eigenvalue weighted by molar-refractivity contribution is 5.44. The zero-order valence-electron chi connectivity index (χ0n) is 12.1. The van der Waals surface area contributed by atoms with Gasteiger partial charge >= 0.3 is 0 Å². The van der Waals surface area contributed by atoms with E-state index in [1.54, 1.807) is 0 Å². The molecule has 0 saturated carbocycles. The number of likely N-dealkylation sites (N-methyl/N-ethyl adjacent to an activating group) is 2. The Morgan fingerprint density at radius 3 is 3.15 bits per heavy atom. The Morgan fingerprint density at radius 1 is 1.45 bits per heavy atom. The van der Waals surface area contributed by atoms with Crippen LogP contribution in [-0.4, -0.2) is 58.0 Å². The zero-order chi connectivity index (χ0) is 13.9. The van der Waals surface area contributed by atoms with E-state index < -0.39 is 0 Å². The number of nitrogens with one attached hydrogen (secondary N) is 1. The van der Waals surface area contributed by atoms with Crippen molar-refractivity contribution >= 4 is 0 Å². The molecule has 0 radical (unpaired) electrons. The molecule has 0 aromatic heterocycles. The van der Waals surface area contributed by atoms with Gasteiger partial charge in [-0.2, -0.15) is 0 Å². The monoisotopic (exact) mass is 278 g/mol. The molecule has 20 heavy (non-hydrogen) atoms. The van der Waals surface area contributed by atoms with Gasteiger partial charge < -0.3 is 24.4 Å². The van der Waals surface area contributed by atoms with E-state index in [0.717, 1.165) is 31.2 Å². The molecule has 2 aliphatic heterocycles. The fourth-order valence-electron chi connectivity index (χ4n) is 2.68. The summed E-state index contributed by atoms with van der Waals surface area (Å²) >= 11 is 0. The molecule has 1 saturated heterocycles. The number of hydrogen-bond donors (Lipinski definition) is 1. The first-order valence-electron chi connectivity index (χ1n) is 7.13. The Balaban J connectivity index is 1.59. The lowest BCUT2D eigenvalue weighted by Gasteiger charge is -2.29. The smallest absolute Gasteiger partial charge is 0.127 e. The van der Waals surface area contributed by atoms with Crippen LogP contribution in [0.15, 0.2) is 18.2 Å². The average Bonchev–Trinajstić information content (AvgIpc) is 2.87. The van der Waals surface area contributed by atoms with Crippen LogP contribution in [-0.2, 0) is 4.74 Å². The molecule has 0 bridgehead atoms. The van der Waals surface area contributed by atoms with Crippen molar-refractivity contribution < 1.29 is 14.2 Å². The van der Waals surface area contributed by atoms with Gasteiger partial charge in [0.1, 0.15) is 30.8 Å². The maximum Gasteiger partial charge on any atom is 0.127 e. The van der Waals surface area contributed by atoms with Crippen LogP contribution in [0.1, 0.15) is 11.6 Å². The normalized spacial score (nSPS) is 26.1. The van der Waals surface area contributed by atoms with E-state index in [4.69, 9.17) is 14.2 Å². The van der Waals surface area contributed by atoms with Crippen LogP contribution in [0.25, 0.3) is 0 Å². The molecule has 2 heterocycles. The fourth-order valence-corrected chi connectivity index (χ4v) is 2.68. The van der Waals surface area contributed by atoms with Crippen LogP contribution in [0.5, 0.6) is 11.5 Å². The predicted molar refractivity (Wildman–Crippen MR) is 76.5 cm³/mol. The molecular weight excluding hydrogens is 256 g/mol. The maximum absolute atomic E-state index is 5.84. The van der Waals surface area contributed by atoms with Crippen molar-refractivity contribution in [3.8, 4) is 11.5 Å². The van der Waals surface area contributed by atoms with Gasteiger partial charge in [-0.25, -0.2) is 0 Å². The summed E-state index contributed by atoms with van der Waals surface area (Å²) in [5, 5.41) is 3.24. The van der Waals surface area contributed by atoms with Crippen molar-refractivity contribution in [3.05, 3.63) is 23.8 Å². The lowest BCUT2D eigenvalue weighted by atomic mass is 10.1. The topological polar surface area (TPSA) is 43.0 Å². The van der Waals surface area contributed by atoms with Gasteiger partial charge in [-0.15, -0.1) is 0 Å². The summed E-state index contributed by atoms with van der Waals surface area (Å²) in [6, 6.07) is 6.34. The van der Waals surface area contributed by atoms with Gasteiger partial charge in [0, 0.05) is 24.7 Å². The summed E-state index contributed by atoms with van der Waals surface area (Å²) in [7, 11) is 4.06. The van der Waals surface area contributed by atoms with E-state index in [1.165, 1.54) is 5.56 Å². The fraction of sp³-hybridized carbons (Fsp3) is 0.600. The first kappa shape index (κ1) is 13.7. The molecule has 1 fully saturated rings. The lowest BCUT2D eigenvalue weighted by molar-refractivity contribution is -0.0403. The van der Waals surface area contributed by atoms with E-state index in [0.29, 0.717) is 13.2 Å². The van der Waals surface area contributed by atoms with Gasteiger partial charge in [0.2, 0.25) is 0 Å². The van der Waals surface area contributed by atoms with Gasteiger partial charge in [-0.05, 0) is 26.2 Å². The van der Waals surface area contributed by atoms with Crippen molar-refractivity contribution in [2.45, 2.75) is 12.1 Å². The summed E-state index contributed by atoms with van der Waals surface area (Å²) in [6.45, 7) is 3.96. The molecule has 5 heteroatoms. The Kier molecular flexibility index (Phi) is 4.10. The predicted octanol–water partition coefficient (Wildman–Crippen LogP) is 1.05. The Morgan fingerprint density at radius 2 is 2.35 bits per heavy atom. The van der Waals surface area contributed by atoms with E-state index in [9.17, 15) is 0 Å². The van der Waals surface area contributed by atoms with Crippen LogP contribution in [0.2, 0.25) is 0 Å². The Labute approximate surface area is 119 Å². The summed E-state index contributed by atoms with van der Waals surface area (Å²) in [5.41, 5.74) is 1.20. The van der Waals surface area contributed by atoms with Crippen molar-refractivity contribution in [1.82, 2.24) is 10.2 Å². The van der Waals surface area contributed by atoms with Crippen molar-refractivity contribution in [1.29, 1.82) is 0 Å². The van der Waals surface area contributed by atoms with E-state index in [2.05, 4.69) is 23.3 Å². The minimum Gasteiger partial charge on any atom is -0.491 e. The molecule has 1 N–H and O–H groups in total. The second kappa shape index (κ2) is 5.99. The number of morpholine rings is 1. The van der Waals surface area contributed by atoms with Gasteiger partial charge in [0.05, 0.1) is 12.6 Å².